The van der Waals surface area contributed by atoms with E-state index in [1.54, 1.807) is 23.7 Å². The summed E-state index contributed by atoms with van der Waals surface area (Å²) in [6.07, 6.45) is 3.31. The maximum Gasteiger partial charge on any atom is 0.300 e. The van der Waals surface area contributed by atoms with Crippen LogP contribution in [0.15, 0.2) is 41.5 Å². The van der Waals surface area contributed by atoms with Crippen LogP contribution in [0.1, 0.15) is 5.82 Å². The zero-order chi connectivity index (χ0) is 12.7. The Bertz CT molecular complexity index is 773. The van der Waals surface area contributed by atoms with Gasteiger partial charge in [0.1, 0.15) is 11.6 Å². The van der Waals surface area contributed by atoms with Gasteiger partial charge >= 0.3 is 5.56 Å². The lowest BCUT2D eigenvalue weighted by atomic mass is 10.3. The van der Waals surface area contributed by atoms with Crippen LogP contribution in [0.4, 0.5) is 4.39 Å². The SMILES string of the molecule is Cc1nnc2c(=O)n(-c3ccc(F)cc3)ccn12. The predicted molar refractivity (Wildman–Crippen MR) is 63.3 cm³/mol. The molecule has 1 aromatic carbocycles. The van der Waals surface area contributed by atoms with E-state index in [2.05, 4.69) is 10.2 Å². The molecule has 0 aliphatic carbocycles. The first-order chi connectivity index (χ1) is 8.66. The van der Waals surface area contributed by atoms with E-state index in [0.29, 0.717) is 11.5 Å². The molecule has 0 aliphatic heterocycles. The average molecular weight is 244 g/mol. The van der Waals surface area contributed by atoms with Crippen LogP contribution in [0.5, 0.6) is 0 Å². The first-order valence-electron chi connectivity index (χ1n) is 5.36. The number of hydrogen-bond acceptors (Lipinski definition) is 3. The maximum atomic E-state index is 12.8. The minimum absolute atomic E-state index is 0.249. The number of nitrogens with zero attached hydrogens (tertiary/aromatic N) is 4. The highest BCUT2D eigenvalue weighted by Crippen LogP contribution is 2.07. The number of hydrogen-bond donors (Lipinski definition) is 0. The predicted octanol–water partition coefficient (Wildman–Crippen LogP) is 1.33. The zero-order valence-corrected chi connectivity index (χ0v) is 9.54. The highest BCUT2D eigenvalue weighted by Gasteiger charge is 2.08. The van der Waals surface area contributed by atoms with Crippen LogP contribution in [0.2, 0.25) is 0 Å². The fraction of sp³-hybridized carbons (Fsp3) is 0.0833. The first-order valence-corrected chi connectivity index (χ1v) is 5.36. The van der Waals surface area contributed by atoms with Gasteiger partial charge in [-0.15, -0.1) is 10.2 Å². The number of aromatic nitrogens is 4. The Morgan fingerprint density at radius 1 is 1.11 bits per heavy atom. The Morgan fingerprint density at radius 3 is 2.56 bits per heavy atom. The number of fused-ring (bicyclic) bond motifs is 1. The van der Waals surface area contributed by atoms with Crippen LogP contribution in [-0.4, -0.2) is 19.2 Å². The van der Waals surface area contributed by atoms with Gasteiger partial charge in [0.2, 0.25) is 5.65 Å². The van der Waals surface area contributed by atoms with E-state index >= 15 is 0 Å². The van der Waals surface area contributed by atoms with Gasteiger partial charge in [-0.2, -0.15) is 0 Å². The zero-order valence-electron chi connectivity index (χ0n) is 9.54. The third kappa shape index (κ3) is 1.50. The number of aryl methyl sites for hydroxylation is 1. The third-order valence-electron chi connectivity index (χ3n) is 2.75. The van der Waals surface area contributed by atoms with Gasteiger partial charge in [-0.25, -0.2) is 4.39 Å². The number of benzene rings is 1. The Hall–Kier alpha value is -2.50. The van der Waals surface area contributed by atoms with Crippen molar-refractivity contribution in [2.75, 3.05) is 0 Å². The Balaban J connectivity index is 2.27. The molecule has 0 fully saturated rings. The molecule has 0 atom stereocenters. The maximum absolute atomic E-state index is 12.8. The second kappa shape index (κ2) is 3.76. The summed E-state index contributed by atoms with van der Waals surface area (Å²) in [5.74, 6) is 0.305. The van der Waals surface area contributed by atoms with Crippen LogP contribution in [-0.2, 0) is 0 Å². The summed E-state index contributed by atoms with van der Waals surface area (Å²) in [6, 6.07) is 5.69. The molecule has 5 nitrogen and oxygen atoms in total. The topological polar surface area (TPSA) is 52.2 Å². The van der Waals surface area contributed by atoms with Crippen molar-refractivity contribution in [2.24, 2.45) is 0 Å². The van der Waals surface area contributed by atoms with Crippen molar-refractivity contribution in [2.45, 2.75) is 6.92 Å². The highest BCUT2D eigenvalue weighted by molar-refractivity contribution is 5.40. The Morgan fingerprint density at radius 2 is 1.83 bits per heavy atom. The summed E-state index contributed by atoms with van der Waals surface area (Å²) in [6.45, 7) is 1.77. The van der Waals surface area contributed by atoms with Gasteiger partial charge in [0, 0.05) is 18.1 Å². The molecule has 3 rings (SSSR count). The number of halogens is 1. The molecule has 0 spiro atoms. The van der Waals surface area contributed by atoms with Crippen molar-refractivity contribution in [3.8, 4) is 5.69 Å². The van der Waals surface area contributed by atoms with Gasteiger partial charge in [-0.05, 0) is 31.2 Å². The standard InChI is InChI=1S/C12H9FN4O/c1-8-14-15-11-12(18)17(7-6-16(8)11)10-4-2-9(13)3-5-10/h2-7H,1H3. The molecule has 0 bridgehead atoms. The van der Waals surface area contributed by atoms with Crippen LogP contribution in [0.3, 0.4) is 0 Å². The molecule has 0 saturated heterocycles. The fourth-order valence-corrected chi connectivity index (χ4v) is 1.81. The summed E-state index contributed by atoms with van der Waals surface area (Å²) < 4.78 is 15.9. The highest BCUT2D eigenvalue weighted by atomic mass is 19.1. The number of rotatable bonds is 1. The molecule has 2 heterocycles. The van der Waals surface area contributed by atoms with Crippen molar-refractivity contribution in [3.05, 3.63) is 58.7 Å². The van der Waals surface area contributed by atoms with Crippen LogP contribution < -0.4 is 5.56 Å². The molecular weight excluding hydrogens is 235 g/mol. The summed E-state index contributed by atoms with van der Waals surface area (Å²) in [4.78, 5) is 12.2. The molecule has 18 heavy (non-hydrogen) atoms. The molecule has 0 aliphatic rings. The van der Waals surface area contributed by atoms with Crippen LogP contribution in [0.25, 0.3) is 11.3 Å². The second-order valence-electron chi connectivity index (χ2n) is 3.89. The van der Waals surface area contributed by atoms with Crippen molar-refractivity contribution < 1.29 is 4.39 Å². The molecule has 2 aromatic heterocycles. The summed E-state index contributed by atoms with van der Waals surface area (Å²) in [5, 5.41) is 7.67. The van der Waals surface area contributed by atoms with Crippen molar-refractivity contribution >= 4 is 5.65 Å². The van der Waals surface area contributed by atoms with Gasteiger partial charge < -0.3 is 0 Å². The monoisotopic (exact) mass is 244 g/mol. The molecule has 0 saturated carbocycles. The molecule has 0 amide bonds. The lowest BCUT2D eigenvalue weighted by Crippen LogP contribution is -2.20. The average Bonchev–Trinajstić information content (AvgIpc) is 2.74. The molecule has 3 aromatic rings. The van der Waals surface area contributed by atoms with E-state index < -0.39 is 0 Å². The molecular formula is C12H9FN4O. The van der Waals surface area contributed by atoms with E-state index in [9.17, 15) is 9.18 Å². The van der Waals surface area contributed by atoms with Gasteiger partial charge in [0.25, 0.3) is 0 Å². The summed E-state index contributed by atoms with van der Waals surface area (Å²) >= 11 is 0. The van der Waals surface area contributed by atoms with E-state index in [1.165, 1.54) is 28.8 Å². The second-order valence-corrected chi connectivity index (χ2v) is 3.89. The van der Waals surface area contributed by atoms with Crippen molar-refractivity contribution in [3.63, 3.8) is 0 Å². The molecule has 0 N–H and O–H groups in total. The molecule has 90 valence electrons. The van der Waals surface area contributed by atoms with Gasteiger partial charge in [-0.1, -0.05) is 0 Å². The quantitative estimate of drug-likeness (QED) is 0.649. The van der Waals surface area contributed by atoms with E-state index in [1.807, 2.05) is 0 Å². The van der Waals surface area contributed by atoms with Gasteiger partial charge in [0.05, 0.1) is 0 Å². The lowest BCUT2D eigenvalue weighted by Gasteiger charge is -2.05. The van der Waals surface area contributed by atoms with E-state index in [0.717, 1.165) is 0 Å². The van der Waals surface area contributed by atoms with Crippen molar-refractivity contribution in [1.82, 2.24) is 19.2 Å². The van der Waals surface area contributed by atoms with Crippen LogP contribution in [0, 0.1) is 12.7 Å². The molecule has 0 radical (unpaired) electrons. The van der Waals surface area contributed by atoms with Crippen molar-refractivity contribution in [1.29, 1.82) is 0 Å². The smallest absolute Gasteiger partial charge is 0.281 e. The van der Waals surface area contributed by atoms with E-state index in [4.69, 9.17) is 0 Å². The van der Waals surface area contributed by atoms with Crippen LogP contribution >= 0.6 is 0 Å². The Kier molecular flexibility index (Phi) is 2.22. The summed E-state index contributed by atoms with van der Waals surface area (Å²) in [7, 11) is 0. The van der Waals surface area contributed by atoms with E-state index in [-0.39, 0.29) is 17.0 Å². The largest absolute Gasteiger partial charge is 0.300 e. The fourth-order valence-electron chi connectivity index (χ4n) is 1.81. The normalized spacial score (nSPS) is 11.0. The minimum atomic E-state index is -0.341. The molecule has 0 unspecified atom stereocenters. The lowest BCUT2D eigenvalue weighted by molar-refractivity contribution is 0.627. The van der Waals surface area contributed by atoms with Gasteiger partial charge in [-0.3, -0.25) is 13.8 Å². The minimum Gasteiger partial charge on any atom is -0.281 e. The molecule has 6 heteroatoms. The first kappa shape index (κ1) is 10.6. The Labute approximate surface area is 101 Å². The third-order valence-corrected chi connectivity index (χ3v) is 2.75. The summed E-state index contributed by atoms with van der Waals surface area (Å²) in [5.41, 5.74) is 0.550. The van der Waals surface area contributed by atoms with Gasteiger partial charge in [0.15, 0.2) is 0 Å².